The second-order valence-corrected chi connectivity index (χ2v) is 5.79. The van der Waals surface area contributed by atoms with E-state index in [0.29, 0.717) is 6.08 Å². The Kier molecular flexibility index (Phi) is 8.03. The van der Waals surface area contributed by atoms with Crippen LogP contribution in [0.3, 0.4) is 0 Å². The van der Waals surface area contributed by atoms with Crippen LogP contribution < -0.4 is 0 Å². The summed E-state index contributed by atoms with van der Waals surface area (Å²) in [6.45, 7) is 1.74. The van der Waals surface area contributed by atoms with Gasteiger partial charge in [-0.3, -0.25) is 9.11 Å². The molecule has 0 saturated heterocycles. The van der Waals surface area contributed by atoms with E-state index in [1.165, 1.54) is 0 Å². The average molecular weight is 302 g/mol. The molecule has 0 radical (unpaired) electrons. The number of carbonyl (C=O) groups excluding carboxylic acids is 1. The van der Waals surface area contributed by atoms with Crippen molar-refractivity contribution in [2.45, 2.75) is 4.58 Å². The van der Waals surface area contributed by atoms with Gasteiger partial charge in [-0.1, -0.05) is 6.58 Å². The Hall–Kier alpha value is 0.290. The van der Waals surface area contributed by atoms with Crippen molar-refractivity contribution < 1.29 is 35.5 Å². The van der Waals surface area contributed by atoms with E-state index < -0.39 is 37.4 Å². The molecular weight excluding hydrogens is 292 g/mol. The zero-order chi connectivity index (χ0) is 12.3. The van der Waals surface area contributed by atoms with Gasteiger partial charge >= 0.3 is 43.7 Å². The van der Waals surface area contributed by atoms with E-state index in [1.807, 2.05) is 0 Å². The van der Waals surface area contributed by atoms with Crippen LogP contribution in [0.25, 0.3) is 0 Å². The van der Waals surface area contributed by atoms with Gasteiger partial charge in [-0.2, -0.15) is 16.8 Å². The number of carbonyl (C=O) groups is 1. The minimum atomic E-state index is -5.08. The number of hydrogen-bond donors (Lipinski definition) is 2. The number of hydrogen-bond acceptors (Lipinski definition) is 6. The topological polar surface area (TPSA) is 135 Å². The first kappa shape index (κ1) is 18.6. The molecule has 0 aromatic carbocycles. The molecule has 0 bridgehead atoms. The molecule has 0 aromatic rings. The molecule has 0 rings (SSSR count). The van der Waals surface area contributed by atoms with Crippen LogP contribution in [-0.4, -0.2) is 80.8 Å². The summed E-state index contributed by atoms with van der Waals surface area (Å²) in [5.41, 5.74) is 0. The molecular formula is C5H10CaO8S2. The summed E-state index contributed by atoms with van der Waals surface area (Å²) < 4.78 is 60.2. The van der Waals surface area contributed by atoms with Crippen LogP contribution in [0.1, 0.15) is 0 Å². The van der Waals surface area contributed by atoms with Crippen molar-refractivity contribution >= 4 is 63.9 Å². The third-order valence-electron chi connectivity index (χ3n) is 1.19. The monoisotopic (exact) mass is 302 g/mol. The second kappa shape index (κ2) is 6.89. The molecule has 0 aliphatic carbocycles. The van der Waals surface area contributed by atoms with Crippen molar-refractivity contribution in [3.63, 3.8) is 0 Å². The Morgan fingerprint density at radius 2 is 1.62 bits per heavy atom. The molecule has 0 heterocycles. The van der Waals surface area contributed by atoms with E-state index in [1.54, 1.807) is 0 Å². The van der Waals surface area contributed by atoms with Crippen molar-refractivity contribution in [2.75, 3.05) is 6.61 Å². The second-order valence-electron chi connectivity index (χ2n) is 2.29. The summed E-state index contributed by atoms with van der Waals surface area (Å²) in [6, 6.07) is 0. The van der Waals surface area contributed by atoms with Crippen molar-refractivity contribution in [1.29, 1.82) is 0 Å². The van der Waals surface area contributed by atoms with Crippen LogP contribution >= 0.6 is 0 Å². The third-order valence-corrected chi connectivity index (χ3v) is 4.25. The fourth-order valence-electron chi connectivity index (χ4n) is 0.535. The molecule has 0 aromatic heterocycles. The quantitative estimate of drug-likeness (QED) is 0.255. The number of ether oxygens (including phenoxy) is 1. The summed E-state index contributed by atoms with van der Waals surface area (Å²) in [5, 5.41) is 0. The van der Waals surface area contributed by atoms with Crippen LogP contribution in [0, 0.1) is 0 Å². The molecule has 2 N–H and O–H groups in total. The van der Waals surface area contributed by atoms with E-state index in [-0.39, 0.29) is 37.7 Å². The molecule has 0 spiro atoms. The predicted molar refractivity (Wildman–Crippen MR) is 56.6 cm³/mol. The standard InChI is InChI=1S/C5H8O8S2.Ca.2H/c1-2-4(6)13-3-5(14(7,8)9)15(10,11)12;;;/h2,5H,1,3H2,(H,7,8,9)(H,10,11,12);;;. The molecule has 92 valence electrons. The van der Waals surface area contributed by atoms with Crippen molar-refractivity contribution in [3.05, 3.63) is 12.7 Å². The van der Waals surface area contributed by atoms with Gasteiger partial charge < -0.3 is 4.74 Å². The van der Waals surface area contributed by atoms with Gasteiger partial charge in [0.15, 0.2) is 0 Å². The molecule has 0 aliphatic heterocycles. The van der Waals surface area contributed by atoms with Gasteiger partial charge in [-0.15, -0.1) is 0 Å². The van der Waals surface area contributed by atoms with Crippen molar-refractivity contribution in [3.8, 4) is 0 Å². The molecule has 0 saturated carbocycles. The van der Waals surface area contributed by atoms with Crippen LogP contribution in [-0.2, 0) is 29.8 Å². The average Bonchev–Trinajstić information content (AvgIpc) is 1.99. The Labute approximate surface area is 122 Å². The Morgan fingerprint density at radius 3 is 1.88 bits per heavy atom. The molecule has 0 amide bonds. The van der Waals surface area contributed by atoms with Gasteiger partial charge in [0.1, 0.15) is 6.61 Å². The van der Waals surface area contributed by atoms with E-state index >= 15 is 0 Å². The normalized spacial score (nSPS) is 11.7. The first-order valence-electron chi connectivity index (χ1n) is 3.31. The van der Waals surface area contributed by atoms with Crippen LogP contribution in [0.4, 0.5) is 0 Å². The fraction of sp³-hybridized carbons (Fsp3) is 0.400. The summed E-state index contributed by atoms with van der Waals surface area (Å²) in [7, 11) is -10.2. The summed E-state index contributed by atoms with van der Waals surface area (Å²) in [6.07, 6.45) is 0.658. The van der Waals surface area contributed by atoms with Gasteiger partial charge in [-0.05, 0) is 0 Å². The van der Waals surface area contributed by atoms with Crippen molar-refractivity contribution in [1.82, 2.24) is 0 Å². The van der Waals surface area contributed by atoms with Gasteiger partial charge in [-0.25, -0.2) is 4.79 Å². The SMILES string of the molecule is C=CC(=O)OCC(S(=O)(=O)O)S(=O)(=O)O.[CaH2]. The van der Waals surface area contributed by atoms with E-state index in [4.69, 9.17) is 9.11 Å². The van der Waals surface area contributed by atoms with Gasteiger partial charge in [0.05, 0.1) is 0 Å². The number of rotatable bonds is 5. The van der Waals surface area contributed by atoms with Gasteiger partial charge in [0, 0.05) is 6.08 Å². The third kappa shape index (κ3) is 6.78. The van der Waals surface area contributed by atoms with Crippen LogP contribution in [0.2, 0.25) is 0 Å². The molecule has 0 aliphatic rings. The zero-order valence-electron chi connectivity index (χ0n) is 7.23. The molecule has 8 nitrogen and oxygen atoms in total. The minimum absolute atomic E-state index is 0. The van der Waals surface area contributed by atoms with E-state index in [2.05, 4.69) is 11.3 Å². The Balaban J connectivity index is 0. The number of esters is 1. The maximum atomic E-state index is 10.5. The maximum absolute atomic E-state index is 10.5. The zero-order valence-corrected chi connectivity index (χ0v) is 8.86. The molecule has 0 atom stereocenters. The molecule has 0 unspecified atom stereocenters. The molecule has 0 fully saturated rings. The van der Waals surface area contributed by atoms with Crippen LogP contribution in [0.5, 0.6) is 0 Å². The predicted octanol–water partition coefficient (Wildman–Crippen LogP) is -2.10. The van der Waals surface area contributed by atoms with E-state index in [9.17, 15) is 21.6 Å². The molecule has 11 heteroatoms. The summed E-state index contributed by atoms with van der Waals surface area (Å²) >= 11 is 0. The fourth-order valence-corrected chi connectivity index (χ4v) is 2.24. The van der Waals surface area contributed by atoms with Gasteiger partial charge in [0.25, 0.3) is 20.2 Å². The first-order valence-corrected chi connectivity index (χ1v) is 6.31. The van der Waals surface area contributed by atoms with Crippen LogP contribution in [0.15, 0.2) is 12.7 Å². The summed E-state index contributed by atoms with van der Waals surface area (Å²) in [5.74, 6) is -1.09. The Morgan fingerprint density at radius 1 is 1.25 bits per heavy atom. The molecule has 16 heavy (non-hydrogen) atoms. The first-order chi connectivity index (χ1) is 6.59. The van der Waals surface area contributed by atoms with Crippen molar-refractivity contribution in [2.24, 2.45) is 0 Å². The van der Waals surface area contributed by atoms with E-state index in [0.717, 1.165) is 0 Å². The van der Waals surface area contributed by atoms with Gasteiger partial charge in [0.2, 0.25) is 4.58 Å². The Bertz CT molecular complexity index is 417. The summed E-state index contributed by atoms with van der Waals surface area (Å²) in [4.78, 5) is 10.5.